The van der Waals surface area contributed by atoms with E-state index in [0.717, 1.165) is 12.6 Å². The van der Waals surface area contributed by atoms with Gasteiger partial charge < -0.3 is 4.90 Å². The van der Waals surface area contributed by atoms with Crippen LogP contribution in [-0.2, 0) is 13.0 Å². The summed E-state index contributed by atoms with van der Waals surface area (Å²) < 4.78 is 0. The van der Waals surface area contributed by atoms with Gasteiger partial charge in [-0.15, -0.1) is 0 Å². The lowest BCUT2D eigenvalue weighted by molar-refractivity contribution is 0.172. The van der Waals surface area contributed by atoms with Crippen molar-refractivity contribution < 1.29 is 0 Å². The summed E-state index contributed by atoms with van der Waals surface area (Å²) in [5.41, 5.74) is 3.13. The first kappa shape index (κ1) is 13.7. The Morgan fingerprint density at radius 3 is 2.52 bits per heavy atom. The fourth-order valence-corrected chi connectivity index (χ4v) is 4.23. The Bertz CT molecular complexity index is 448. The van der Waals surface area contributed by atoms with E-state index < -0.39 is 0 Å². The molecule has 0 aromatic heterocycles. The molecule has 3 nitrogen and oxygen atoms in total. The average Bonchev–Trinajstić information content (AvgIpc) is 2.93. The van der Waals surface area contributed by atoms with Gasteiger partial charge in [0.05, 0.1) is 6.67 Å². The minimum Gasteiger partial charge on any atom is -0.302 e. The molecule has 0 unspecified atom stereocenters. The Hall–Kier alpha value is -0.900. The molecule has 2 fully saturated rings. The monoisotopic (exact) mass is 285 g/mol. The summed E-state index contributed by atoms with van der Waals surface area (Å²) in [6, 6.07) is 9.76. The zero-order valence-electron chi connectivity index (χ0n) is 13.0. The van der Waals surface area contributed by atoms with Gasteiger partial charge in [-0.05, 0) is 43.5 Å². The van der Waals surface area contributed by atoms with Crippen LogP contribution in [-0.4, -0.2) is 60.1 Å². The highest BCUT2D eigenvalue weighted by molar-refractivity contribution is 5.30. The molecule has 1 aromatic rings. The molecule has 0 saturated carbocycles. The summed E-state index contributed by atoms with van der Waals surface area (Å²) in [6.07, 6.45) is 5.50. The van der Waals surface area contributed by atoms with Crippen molar-refractivity contribution in [1.82, 2.24) is 14.7 Å². The molecule has 114 valence electrons. The first-order valence-electron chi connectivity index (χ1n) is 8.64. The SMILES string of the molecule is c1ccc2c(c1)C[C@H]1CN(CCN3CCCCC3)CN1C2. The molecule has 2 saturated heterocycles. The van der Waals surface area contributed by atoms with Crippen molar-refractivity contribution in [1.29, 1.82) is 0 Å². The molecule has 0 N–H and O–H groups in total. The Kier molecular flexibility index (Phi) is 3.97. The van der Waals surface area contributed by atoms with E-state index in [-0.39, 0.29) is 0 Å². The molecule has 0 aliphatic carbocycles. The summed E-state index contributed by atoms with van der Waals surface area (Å²) in [7, 11) is 0. The van der Waals surface area contributed by atoms with Gasteiger partial charge in [0.15, 0.2) is 0 Å². The van der Waals surface area contributed by atoms with E-state index in [1.54, 1.807) is 11.1 Å². The van der Waals surface area contributed by atoms with E-state index in [2.05, 4.69) is 39.0 Å². The van der Waals surface area contributed by atoms with E-state index in [9.17, 15) is 0 Å². The second-order valence-electron chi connectivity index (χ2n) is 6.99. The fourth-order valence-electron chi connectivity index (χ4n) is 4.23. The quantitative estimate of drug-likeness (QED) is 0.843. The van der Waals surface area contributed by atoms with Crippen molar-refractivity contribution in [2.24, 2.45) is 0 Å². The maximum absolute atomic E-state index is 2.68. The van der Waals surface area contributed by atoms with Crippen LogP contribution in [0.25, 0.3) is 0 Å². The zero-order valence-corrected chi connectivity index (χ0v) is 13.0. The van der Waals surface area contributed by atoms with Crippen LogP contribution in [0.3, 0.4) is 0 Å². The number of likely N-dealkylation sites (tertiary alicyclic amines) is 1. The smallest absolute Gasteiger partial charge is 0.0514 e. The van der Waals surface area contributed by atoms with Crippen LogP contribution < -0.4 is 0 Å². The van der Waals surface area contributed by atoms with E-state index in [1.807, 2.05) is 0 Å². The molecular weight excluding hydrogens is 258 g/mol. The molecule has 1 aromatic carbocycles. The van der Waals surface area contributed by atoms with Gasteiger partial charge in [0, 0.05) is 32.2 Å². The Balaban J connectivity index is 1.32. The van der Waals surface area contributed by atoms with Gasteiger partial charge in [0.2, 0.25) is 0 Å². The molecule has 3 heteroatoms. The van der Waals surface area contributed by atoms with Crippen LogP contribution in [0.15, 0.2) is 24.3 Å². The van der Waals surface area contributed by atoms with Crippen LogP contribution in [0, 0.1) is 0 Å². The third-order valence-corrected chi connectivity index (χ3v) is 5.50. The topological polar surface area (TPSA) is 9.72 Å². The maximum Gasteiger partial charge on any atom is 0.0514 e. The maximum atomic E-state index is 2.68. The van der Waals surface area contributed by atoms with E-state index in [4.69, 9.17) is 0 Å². The predicted molar refractivity (Wildman–Crippen MR) is 86.2 cm³/mol. The average molecular weight is 285 g/mol. The van der Waals surface area contributed by atoms with Crippen molar-refractivity contribution in [2.45, 2.75) is 38.3 Å². The first-order valence-corrected chi connectivity index (χ1v) is 8.64. The molecule has 3 aliphatic rings. The minimum absolute atomic E-state index is 0.751. The summed E-state index contributed by atoms with van der Waals surface area (Å²) in [5, 5.41) is 0. The summed E-state index contributed by atoms with van der Waals surface area (Å²) in [4.78, 5) is 8.01. The van der Waals surface area contributed by atoms with Gasteiger partial charge in [0.25, 0.3) is 0 Å². The zero-order chi connectivity index (χ0) is 14.1. The highest BCUT2D eigenvalue weighted by Crippen LogP contribution is 2.27. The lowest BCUT2D eigenvalue weighted by Gasteiger charge is -2.30. The van der Waals surface area contributed by atoms with Crippen LogP contribution in [0.1, 0.15) is 30.4 Å². The summed E-state index contributed by atoms with van der Waals surface area (Å²) in [6.45, 7) is 8.77. The number of nitrogens with zero attached hydrogens (tertiary/aromatic N) is 3. The fraction of sp³-hybridized carbons (Fsp3) is 0.667. The molecule has 0 bridgehead atoms. The highest BCUT2D eigenvalue weighted by atomic mass is 15.4. The number of piperidine rings is 1. The highest BCUT2D eigenvalue weighted by Gasteiger charge is 2.33. The third-order valence-electron chi connectivity index (χ3n) is 5.50. The largest absolute Gasteiger partial charge is 0.302 e. The summed E-state index contributed by atoms with van der Waals surface area (Å²) in [5.74, 6) is 0. The molecule has 21 heavy (non-hydrogen) atoms. The molecule has 0 amide bonds. The third kappa shape index (κ3) is 3.01. The van der Waals surface area contributed by atoms with Crippen LogP contribution in [0.5, 0.6) is 0 Å². The van der Waals surface area contributed by atoms with Crippen molar-refractivity contribution in [3.63, 3.8) is 0 Å². The molecule has 3 aliphatic heterocycles. The van der Waals surface area contributed by atoms with Crippen LogP contribution in [0.2, 0.25) is 0 Å². The molecule has 1 atom stereocenters. The Labute approximate surface area is 128 Å². The predicted octanol–water partition coefficient (Wildman–Crippen LogP) is 2.17. The molecular formula is C18H27N3. The van der Waals surface area contributed by atoms with Crippen molar-refractivity contribution in [2.75, 3.05) is 39.4 Å². The first-order chi connectivity index (χ1) is 10.4. The second-order valence-corrected chi connectivity index (χ2v) is 6.99. The molecule has 0 spiro atoms. The lowest BCUT2D eigenvalue weighted by Crippen LogP contribution is -2.37. The van der Waals surface area contributed by atoms with E-state index >= 15 is 0 Å². The van der Waals surface area contributed by atoms with Crippen molar-refractivity contribution in [3.8, 4) is 0 Å². The lowest BCUT2D eigenvalue weighted by atomic mass is 9.95. The normalized spacial score (nSPS) is 27.5. The molecule has 4 rings (SSSR count). The number of hydrogen-bond donors (Lipinski definition) is 0. The van der Waals surface area contributed by atoms with E-state index in [1.165, 1.54) is 65.1 Å². The molecule has 3 heterocycles. The van der Waals surface area contributed by atoms with Crippen molar-refractivity contribution >= 4 is 0 Å². The number of rotatable bonds is 3. The van der Waals surface area contributed by atoms with Gasteiger partial charge >= 0.3 is 0 Å². The van der Waals surface area contributed by atoms with Gasteiger partial charge in [-0.3, -0.25) is 9.80 Å². The van der Waals surface area contributed by atoms with Crippen molar-refractivity contribution in [3.05, 3.63) is 35.4 Å². The number of benzene rings is 1. The Morgan fingerprint density at radius 1 is 0.905 bits per heavy atom. The van der Waals surface area contributed by atoms with Crippen LogP contribution >= 0.6 is 0 Å². The van der Waals surface area contributed by atoms with Gasteiger partial charge in [-0.2, -0.15) is 0 Å². The van der Waals surface area contributed by atoms with Crippen LogP contribution in [0.4, 0.5) is 0 Å². The standard InChI is InChI=1S/C18H27N3/c1-4-8-19(9-5-1)10-11-20-14-18-12-16-6-2-3-7-17(16)13-21(18)15-20/h2-3,6-7,18H,1,4-5,8-15H2/t18-/m0/s1. The second kappa shape index (κ2) is 6.07. The molecule has 0 radical (unpaired) electrons. The number of fused-ring (bicyclic) bond motifs is 2. The minimum atomic E-state index is 0.751. The van der Waals surface area contributed by atoms with E-state index in [0.29, 0.717) is 0 Å². The summed E-state index contributed by atoms with van der Waals surface area (Å²) >= 11 is 0. The Morgan fingerprint density at radius 2 is 1.67 bits per heavy atom. The van der Waals surface area contributed by atoms with Gasteiger partial charge in [-0.1, -0.05) is 30.7 Å². The van der Waals surface area contributed by atoms with Gasteiger partial charge in [0.1, 0.15) is 0 Å². The van der Waals surface area contributed by atoms with Gasteiger partial charge in [-0.25, -0.2) is 0 Å². The number of hydrogen-bond acceptors (Lipinski definition) is 3.